The van der Waals surface area contributed by atoms with Gasteiger partial charge in [0, 0.05) is 25.3 Å². The van der Waals surface area contributed by atoms with Gasteiger partial charge in [-0.25, -0.2) is 4.98 Å². The summed E-state index contributed by atoms with van der Waals surface area (Å²) in [7, 11) is 0. The molecule has 1 aromatic heterocycles. The number of rotatable bonds is 4. The Bertz CT molecular complexity index is 430. The lowest BCUT2D eigenvalue weighted by Crippen LogP contribution is -2.38. The first-order valence-corrected chi connectivity index (χ1v) is 7.73. The Balaban J connectivity index is 2.04. The van der Waals surface area contributed by atoms with Gasteiger partial charge in [-0.3, -0.25) is 4.79 Å². The molecule has 0 aromatic carbocycles. The van der Waals surface area contributed by atoms with E-state index in [9.17, 15) is 4.79 Å². The molecule has 1 aromatic rings. The highest BCUT2D eigenvalue weighted by Crippen LogP contribution is 2.19. The molecule has 1 aliphatic heterocycles. The average molecular weight is 275 g/mol. The van der Waals surface area contributed by atoms with Crippen molar-refractivity contribution in [2.75, 3.05) is 18.4 Å². The van der Waals surface area contributed by atoms with Gasteiger partial charge in [0.05, 0.1) is 5.56 Å². The fraction of sp³-hybridized carbons (Fsp3) is 0.625. The van der Waals surface area contributed by atoms with Crippen molar-refractivity contribution in [2.45, 2.75) is 52.0 Å². The van der Waals surface area contributed by atoms with E-state index in [2.05, 4.69) is 24.1 Å². The van der Waals surface area contributed by atoms with E-state index in [0.717, 1.165) is 38.2 Å². The maximum atomic E-state index is 12.6. The van der Waals surface area contributed by atoms with Gasteiger partial charge in [-0.05, 0) is 38.3 Å². The monoisotopic (exact) mass is 275 g/mol. The second kappa shape index (κ2) is 7.27. The molecular weight excluding hydrogens is 250 g/mol. The third kappa shape index (κ3) is 3.71. The SMILES string of the molecule is CCCNc1ccc(C(=O)N2CCCCCC2C)cn1. The Morgan fingerprint density at radius 2 is 2.25 bits per heavy atom. The molecule has 1 unspecified atom stereocenters. The van der Waals surface area contributed by atoms with Crippen LogP contribution < -0.4 is 5.32 Å². The summed E-state index contributed by atoms with van der Waals surface area (Å²) in [5.74, 6) is 0.959. The molecule has 4 heteroatoms. The number of pyridine rings is 1. The Morgan fingerprint density at radius 1 is 1.40 bits per heavy atom. The van der Waals surface area contributed by atoms with Gasteiger partial charge in [-0.2, -0.15) is 0 Å². The Kier molecular flexibility index (Phi) is 5.39. The van der Waals surface area contributed by atoms with E-state index < -0.39 is 0 Å². The summed E-state index contributed by atoms with van der Waals surface area (Å²) in [5.41, 5.74) is 0.695. The minimum atomic E-state index is 0.119. The minimum absolute atomic E-state index is 0.119. The zero-order valence-electron chi connectivity index (χ0n) is 12.6. The van der Waals surface area contributed by atoms with Crippen LogP contribution in [0, 0.1) is 0 Å². The molecule has 0 saturated carbocycles. The molecule has 1 N–H and O–H groups in total. The predicted octanol–water partition coefficient (Wildman–Crippen LogP) is 3.31. The van der Waals surface area contributed by atoms with Gasteiger partial charge in [0.2, 0.25) is 0 Å². The maximum absolute atomic E-state index is 12.6. The van der Waals surface area contributed by atoms with Crippen LogP contribution in [-0.2, 0) is 0 Å². The molecule has 0 aliphatic carbocycles. The molecule has 0 spiro atoms. The molecule has 1 atom stereocenters. The number of nitrogens with zero attached hydrogens (tertiary/aromatic N) is 2. The van der Waals surface area contributed by atoms with E-state index in [4.69, 9.17) is 0 Å². The smallest absolute Gasteiger partial charge is 0.255 e. The molecule has 2 heterocycles. The van der Waals surface area contributed by atoms with E-state index in [1.54, 1.807) is 6.20 Å². The van der Waals surface area contributed by atoms with Crippen molar-refractivity contribution in [3.05, 3.63) is 23.9 Å². The summed E-state index contributed by atoms with van der Waals surface area (Å²) < 4.78 is 0. The number of carbonyl (C=O) groups is 1. The molecule has 0 bridgehead atoms. The zero-order chi connectivity index (χ0) is 14.4. The molecule has 1 saturated heterocycles. The zero-order valence-corrected chi connectivity index (χ0v) is 12.6. The molecule has 4 nitrogen and oxygen atoms in total. The van der Waals surface area contributed by atoms with Gasteiger partial charge in [0.1, 0.15) is 5.82 Å². The minimum Gasteiger partial charge on any atom is -0.370 e. The fourth-order valence-electron chi connectivity index (χ4n) is 2.62. The molecule has 110 valence electrons. The second-order valence-corrected chi connectivity index (χ2v) is 5.56. The van der Waals surface area contributed by atoms with Crippen molar-refractivity contribution in [1.82, 2.24) is 9.88 Å². The Labute approximate surface area is 121 Å². The Morgan fingerprint density at radius 3 is 2.95 bits per heavy atom. The van der Waals surface area contributed by atoms with Crippen molar-refractivity contribution in [2.24, 2.45) is 0 Å². The summed E-state index contributed by atoms with van der Waals surface area (Å²) in [4.78, 5) is 18.9. The van der Waals surface area contributed by atoms with Crippen LogP contribution in [0.15, 0.2) is 18.3 Å². The van der Waals surface area contributed by atoms with Crippen LogP contribution in [-0.4, -0.2) is 34.9 Å². The summed E-state index contributed by atoms with van der Waals surface area (Å²) in [6.07, 6.45) is 7.43. The van der Waals surface area contributed by atoms with E-state index in [-0.39, 0.29) is 5.91 Å². The van der Waals surface area contributed by atoms with Crippen LogP contribution in [0.5, 0.6) is 0 Å². The molecule has 0 radical (unpaired) electrons. The highest BCUT2D eigenvalue weighted by Gasteiger charge is 2.23. The third-order valence-electron chi connectivity index (χ3n) is 3.88. The average Bonchev–Trinajstić information content (AvgIpc) is 2.69. The van der Waals surface area contributed by atoms with Crippen LogP contribution >= 0.6 is 0 Å². The normalized spacial score (nSPS) is 19.5. The lowest BCUT2D eigenvalue weighted by atomic mass is 10.1. The number of anilines is 1. The maximum Gasteiger partial charge on any atom is 0.255 e. The molecule has 2 rings (SSSR count). The van der Waals surface area contributed by atoms with Crippen molar-refractivity contribution in [3.8, 4) is 0 Å². The van der Waals surface area contributed by atoms with Gasteiger partial charge in [0.15, 0.2) is 0 Å². The van der Waals surface area contributed by atoms with Crippen LogP contribution in [0.3, 0.4) is 0 Å². The summed E-state index contributed by atoms with van der Waals surface area (Å²) in [6.45, 7) is 6.04. The van der Waals surface area contributed by atoms with E-state index in [1.807, 2.05) is 17.0 Å². The number of hydrogen-bond donors (Lipinski definition) is 1. The van der Waals surface area contributed by atoms with Crippen LogP contribution in [0.25, 0.3) is 0 Å². The number of aromatic nitrogens is 1. The summed E-state index contributed by atoms with van der Waals surface area (Å²) >= 11 is 0. The number of carbonyl (C=O) groups excluding carboxylic acids is 1. The molecular formula is C16H25N3O. The van der Waals surface area contributed by atoms with Crippen LogP contribution in [0.4, 0.5) is 5.82 Å². The molecule has 20 heavy (non-hydrogen) atoms. The first-order valence-electron chi connectivity index (χ1n) is 7.73. The van der Waals surface area contributed by atoms with Crippen LogP contribution in [0.1, 0.15) is 56.3 Å². The Hall–Kier alpha value is -1.58. The van der Waals surface area contributed by atoms with Crippen molar-refractivity contribution < 1.29 is 4.79 Å². The first kappa shape index (κ1) is 14.8. The standard InChI is InChI=1S/C16H25N3O/c1-3-10-17-15-9-8-14(12-18-15)16(20)19-11-6-4-5-7-13(19)2/h8-9,12-13H,3-7,10-11H2,1-2H3,(H,17,18). The highest BCUT2D eigenvalue weighted by molar-refractivity contribution is 5.94. The number of hydrogen-bond acceptors (Lipinski definition) is 3. The second-order valence-electron chi connectivity index (χ2n) is 5.56. The predicted molar refractivity (Wildman–Crippen MR) is 82.0 cm³/mol. The van der Waals surface area contributed by atoms with Crippen molar-refractivity contribution >= 4 is 11.7 Å². The molecule has 1 fully saturated rings. The molecule has 1 aliphatic rings. The third-order valence-corrected chi connectivity index (χ3v) is 3.88. The lowest BCUT2D eigenvalue weighted by molar-refractivity contribution is 0.0697. The number of likely N-dealkylation sites (tertiary alicyclic amines) is 1. The van der Waals surface area contributed by atoms with E-state index >= 15 is 0 Å². The van der Waals surface area contributed by atoms with Gasteiger partial charge in [-0.15, -0.1) is 0 Å². The van der Waals surface area contributed by atoms with Gasteiger partial charge >= 0.3 is 0 Å². The van der Waals surface area contributed by atoms with Gasteiger partial charge in [-0.1, -0.05) is 19.8 Å². The topological polar surface area (TPSA) is 45.2 Å². The summed E-state index contributed by atoms with van der Waals surface area (Å²) in [5, 5.41) is 3.22. The first-order chi connectivity index (χ1) is 9.72. The largest absolute Gasteiger partial charge is 0.370 e. The lowest BCUT2D eigenvalue weighted by Gasteiger charge is -2.27. The van der Waals surface area contributed by atoms with Crippen molar-refractivity contribution in [3.63, 3.8) is 0 Å². The van der Waals surface area contributed by atoms with Gasteiger partial charge < -0.3 is 10.2 Å². The number of nitrogens with one attached hydrogen (secondary N) is 1. The molecule has 1 amide bonds. The van der Waals surface area contributed by atoms with Crippen LogP contribution in [0.2, 0.25) is 0 Å². The van der Waals surface area contributed by atoms with Gasteiger partial charge in [0.25, 0.3) is 5.91 Å². The number of amides is 1. The van der Waals surface area contributed by atoms with E-state index in [0.29, 0.717) is 11.6 Å². The van der Waals surface area contributed by atoms with E-state index in [1.165, 1.54) is 12.8 Å². The van der Waals surface area contributed by atoms with Crippen molar-refractivity contribution in [1.29, 1.82) is 0 Å². The quantitative estimate of drug-likeness (QED) is 0.917. The highest BCUT2D eigenvalue weighted by atomic mass is 16.2. The summed E-state index contributed by atoms with van der Waals surface area (Å²) in [6, 6.07) is 4.11. The fourth-order valence-corrected chi connectivity index (χ4v) is 2.62.